The second-order valence-corrected chi connectivity index (χ2v) is 6.61. The highest BCUT2D eigenvalue weighted by atomic mass is 32.2. The van der Waals surface area contributed by atoms with Gasteiger partial charge < -0.3 is 10.6 Å². The smallest absolute Gasteiger partial charge is 0.182 e. The van der Waals surface area contributed by atoms with Gasteiger partial charge in [0.1, 0.15) is 9.90 Å². The first-order valence-corrected chi connectivity index (χ1v) is 8.28. The predicted octanol–water partition coefficient (Wildman–Crippen LogP) is 1.76. The molecule has 0 saturated carbocycles. The van der Waals surface area contributed by atoms with E-state index in [1.54, 1.807) is 0 Å². The summed E-state index contributed by atoms with van der Waals surface area (Å²) in [5.41, 5.74) is 5.64. The molecule has 1 aromatic rings. The number of aromatic nitrogens is 1. The van der Waals surface area contributed by atoms with Gasteiger partial charge in [0, 0.05) is 19.3 Å². The lowest BCUT2D eigenvalue weighted by Crippen LogP contribution is -2.24. The number of nitrogens with zero attached hydrogens (tertiary/aromatic N) is 2. The number of anilines is 2. The average Bonchev–Trinajstić information content (AvgIpc) is 2.61. The molecule has 1 heterocycles. The number of rotatable bonds is 6. The Morgan fingerprint density at radius 2 is 2.06 bits per heavy atom. The van der Waals surface area contributed by atoms with E-state index in [1.165, 1.54) is 6.26 Å². The molecule has 2 N–H and O–H groups in total. The molecule has 0 atom stereocenters. The Bertz CT molecular complexity index is 468. The van der Waals surface area contributed by atoms with Gasteiger partial charge >= 0.3 is 0 Å². The summed E-state index contributed by atoms with van der Waals surface area (Å²) in [6, 6.07) is 0. The Morgan fingerprint density at radius 1 is 1.41 bits per heavy atom. The Labute approximate surface area is 107 Å². The largest absolute Gasteiger partial charge is 0.382 e. The lowest BCUT2D eigenvalue weighted by Gasteiger charge is -2.21. The van der Waals surface area contributed by atoms with Crippen molar-refractivity contribution in [1.29, 1.82) is 0 Å². The molecule has 0 fully saturated rings. The molecular formula is C10H19N3O2S2. The van der Waals surface area contributed by atoms with E-state index in [-0.39, 0.29) is 10.7 Å². The lowest BCUT2D eigenvalue weighted by atomic mass is 10.3. The minimum Gasteiger partial charge on any atom is -0.382 e. The van der Waals surface area contributed by atoms with Crippen molar-refractivity contribution in [2.24, 2.45) is 0 Å². The fraction of sp³-hybridized carbons (Fsp3) is 0.700. The van der Waals surface area contributed by atoms with Gasteiger partial charge in [-0.3, -0.25) is 0 Å². The maximum Gasteiger partial charge on any atom is 0.182 e. The Balaban J connectivity index is 3.12. The monoisotopic (exact) mass is 277 g/mol. The summed E-state index contributed by atoms with van der Waals surface area (Å²) >= 11 is 1.16. The maximum atomic E-state index is 11.7. The van der Waals surface area contributed by atoms with Gasteiger partial charge in [-0.1, -0.05) is 13.3 Å². The van der Waals surface area contributed by atoms with Gasteiger partial charge in [0.15, 0.2) is 15.7 Å². The predicted molar refractivity (Wildman–Crippen MR) is 72.4 cm³/mol. The van der Waals surface area contributed by atoms with Gasteiger partial charge in [0.2, 0.25) is 0 Å². The van der Waals surface area contributed by atoms with Crippen molar-refractivity contribution in [3.8, 4) is 0 Å². The van der Waals surface area contributed by atoms with Crippen molar-refractivity contribution in [1.82, 2.24) is 4.37 Å². The molecule has 0 aliphatic carbocycles. The first-order valence-electron chi connectivity index (χ1n) is 5.61. The van der Waals surface area contributed by atoms with Crippen molar-refractivity contribution in [3.05, 3.63) is 0 Å². The summed E-state index contributed by atoms with van der Waals surface area (Å²) in [6.07, 6.45) is 3.26. The third kappa shape index (κ3) is 3.32. The van der Waals surface area contributed by atoms with Gasteiger partial charge in [-0.05, 0) is 24.9 Å². The Morgan fingerprint density at radius 3 is 2.53 bits per heavy atom. The van der Waals surface area contributed by atoms with Crippen LogP contribution in [0.3, 0.4) is 0 Å². The quantitative estimate of drug-likeness (QED) is 0.857. The fourth-order valence-corrected chi connectivity index (χ4v) is 3.88. The zero-order chi connectivity index (χ0) is 13.1. The standard InChI is InChI=1S/C10H19N3O2S2/c1-4-6-7-13(5-2)10-8(17(3,14)15)9(11)12-16-10/h4-7H2,1-3H3,(H2,11,12). The summed E-state index contributed by atoms with van der Waals surface area (Å²) in [6.45, 7) is 5.69. The van der Waals surface area contributed by atoms with Crippen LogP contribution >= 0.6 is 11.5 Å². The van der Waals surface area contributed by atoms with Crippen molar-refractivity contribution in [3.63, 3.8) is 0 Å². The van der Waals surface area contributed by atoms with Crippen molar-refractivity contribution >= 4 is 32.2 Å². The zero-order valence-corrected chi connectivity index (χ0v) is 12.1. The molecule has 98 valence electrons. The van der Waals surface area contributed by atoms with E-state index in [1.807, 2.05) is 11.8 Å². The summed E-state index contributed by atoms with van der Waals surface area (Å²) in [5.74, 6) is 0.113. The van der Waals surface area contributed by atoms with E-state index in [9.17, 15) is 8.42 Å². The second-order valence-electron chi connectivity index (χ2n) is 3.91. The number of unbranched alkanes of at least 4 members (excludes halogenated alkanes) is 1. The Kier molecular flexibility index (Phi) is 4.76. The summed E-state index contributed by atoms with van der Waals surface area (Å²) < 4.78 is 27.3. The van der Waals surface area contributed by atoms with Gasteiger partial charge in [-0.2, -0.15) is 4.37 Å². The molecule has 0 bridgehead atoms. The number of nitrogen functional groups attached to an aromatic ring is 1. The number of nitrogens with two attached hydrogens (primary N) is 1. The summed E-state index contributed by atoms with van der Waals surface area (Å²) in [5, 5.41) is 0.668. The van der Waals surface area contributed by atoms with Crippen LogP contribution in [-0.4, -0.2) is 32.1 Å². The molecule has 0 radical (unpaired) electrons. The fourth-order valence-electron chi connectivity index (χ4n) is 1.59. The minimum atomic E-state index is -3.32. The van der Waals surface area contributed by atoms with Crippen LogP contribution in [0.1, 0.15) is 26.7 Å². The van der Waals surface area contributed by atoms with Crippen molar-refractivity contribution in [2.45, 2.75) is 31.6 Å². The summed E-state index contributed by atoms with van der Waals surface area (Å²) in [7, 11) is -3.32. The molecular weight excluding hydrogens is 258 g/mol. The van der Waals surface area contributed by atoms with Crippen molar-refractivity contribution < 1.29 is 8.42 Å². The lowest BCUT2D eigenvalue weighted by molar-refractivity contribution is 0.602. The normalized spacial score (nSPS) is 11.7. The molecule has 1 rings (SSSR count). The minimum absolute atomic E-state index is 0.113. The molecule has 0 amide bonds. The highest BCUT2D eigenvalue weighted by Crippen LogP contribution is 2.34. The van der Waals surface area contributed by atoms with Gasteiger partial charge in [-0.15, -0.1) is 0 Å². The van der Waals surface area contributed by atoms with Crippen LogP contribution in [0.4, 0.5) is 10.8 Å². The molecule has 0 unspecified atom stereocenters. The van der Waals surface area contributed by atoms with Crippen LogP contribution in [0.2, 0.25) is 0 Å². The van der Waals surface area contributed by atoms with Crippen LogP contribution in [0.15, 0.2) is 4.90 Å². The SMILES string of the molecule is CCCCN(CC)c1snc(N)c1S(C)(=O)=O. The zero-order valence-electron chi connectivity index (χ0n) is 10.4. The van der Waals surface area contributed by atoms with Gasteiger partial charge in [0.05, 0.1) is 0 Å². The molecule has 1 aromatic heterocycles. The van der Waals surface area contributed by atoms with Gasteiger partial charge in [0.25, 0.3) is 0 Å². The van der Waals surface area contributed by atoms with E-state index in [4.69, 9.17) is 5.73 Å². The van der Waals surface area contributed by atoms with Crippen molar-refractivity contribution in [2.75, 3.05) is 30.0 Å². The van der Waals surface area contributed by atoms with Crippen LogP contribution in [0.25, 0.3) is 0 Å². The molecule has 5 nitrogen and oxygen atoms in total. The molecule has 0 aliphatic rings. The number of sulfone groups is 1. The first-order chi connectivity index (χ1) is 7.91. The topological polar surface area (TPSA) is 76.3 Å². The molecule has 0 spiro atoms. The van der Waals surface area contributed by atoms with Crippen LogP contribution in [-0.2, 0) is 9.84 Å². The second kappa shape index (κ2) is 5.68. The Hall–Kier alpha value is -0.820. The summed E-state index contributed by atoms with van der Waals surface area (Å²) in [4.78, 5) is 2.20. The van der Waals surface area contributed by atoms with E-state index >= 15 is 0 Å². The van der Waals surface area contributed by atoms with E-state index in [2.05, 4.69) is 11.3 Å². The number of hydrogen-bond acceptors (Lipinski definition) is 6. The van der Waals surface area contributed by atoms with Crippen LogP contribution in [0.5, 0.6) is 0 Å². The van der Waals surface area contributed by atoms with E-state index in [0.29, 0.717) is 5.00 Å². The molecule has 7 heteroatoms. The van der Waals surface area contributed by atoms with Gasteiger partial charge in [-0.25, -0.2) is 8.42 Å². The first kappa shape index (κ1) is 14.2. The molecule has 0 saturated heterocycles. The maximum absolute atomic E-state index is 11.7. The van der Waals surface area contributed by atoms with Crippen LogP contribution < -0.4 is 10.6 Å². The molecule has 0 aromatic carbocycles. The van der Waals surface area contributed by atoms with E-state index < -0.39 is 9.84 Å². The average molecular weight is 277 g/mol. The third-order valence-corrected chi connectivity index (χ3v) is 4.68. The molecule has 17 heavy (non-hydrogen) atoms. The molecule has 0 aliphatic heterocycles. The van der Waals surface area contributed by atoms with Crippen LogP contribution in [0, 0.1) is 0 Å². The number of hydrogen-bond donors (Lipinski definition) is 1. The third-order valence-electron chi connectivity index (χ3n) is 2.48. The van der Waals surface area contributed by atoms with E-state index in [0.717, 1.165) is 37.5 Å². The highest BCUT2D eigenvalue weighted by molar-refractivity contribution is 7.91. The highest BCUT2D eigenvalue weighted by Gasteiger charge is 2.24.